The highest BCUT2D eigenvalue weighted by molar-refractivity contribution is 5.98. The van der Waals surface area contributed by atoms with E-state index in [4.69, 9.17) is 9.84 Å². The van der Waals surface area contributed by atoms with Gasteiger partial charge < -0.3 is 19.6 Å². The zero-order valence-corrected chi connectivity index (χ0v) is 14.7. The number of carbonyl (C=O) groups is 3. The van der Waals surface area contributed by atoms with Crippen LogP contribution in [0.4, 0.5) is 0 Å². The van der Waals surface area contributed by atoms with Crippen LogP contribution in [0.3, 0.4) is 0 Å². The number of likely N-dealkylation sites (N-methyl/N-ethyl adjacent to an activating group) is 1. The smallest absolute Gasteiger partial charge is 0.306 e. The van der Waals surface area contributed by atoms with Gasteiger partial charge in [-0.2, -0.15) is 0 Å². The number of aliphatic carboxylic acids is 1. The molecule has 0 unspecified atom stereocenters. The van der Waals surface area contributed by atoms with Crippen molar-refractivity contribution in [2.75, 3.05) is 33.8 Å². The van der Waals surface area contributed by atoms with Crippen LogP contribution < -0.4 is 4.74 Å². The highest BCUT2D eigenvalue weighted by Gasteiger charge is 2.28. The summed E-state index contributed by atoms with van der Waals surface area (Å²) in [6.07, 6.45) is 0.878. The average Bonchev–Trinajstić information content (AvgIpc) is 2.60. The second-order valence-corrected chi connectivity index (χ2v) is 6.16. The maximum atomic E-state index is 12.6. The first kappa shape index (κ1) is 18.7. The van der Waals surface area contributed by atoms with Crippen LogP contribution in [0.25, 0.3) is 0 Å². The molecule has 2 amide bonds. The summed E-state index contributed by atoms with van der Waals surface area (Å²) in [6.45, 7) is 2.51. The lowest BCUT2D eigenvalue weighted by molar-refractivity contribution is -0.145. The van der Waals surface area contributed by atoms with Crippen molar-refractivity contribution in [3.05, 3.63) is 23.4 Å². The second-order valence-electron chi connectivity index (χ2n) is 6.16. The number of methoxy groups -OCH3 is 1. The van der Waals surface area contributed by atoms with E-state index >= 15 is 0 Å². The quantitative estimate of drug-likeness (QED) is 0.844. The molecular weight excluding hydrogens is 326 g/mol. The van der Waals surface area contributed by atoms with Gasteiger partial charge in [-0.3, -0.25) is 14.4 Å². The monoisotopic (exact) mass is 349 g/mol. The van der Waals surface area contributed by atoms with Crippen LogP contribution in [0.5, 0.6) is 5.88 Å². The molecule has 1 fully saturated rings. The van der Waals surface area contributed by atoms with Crippen LogP contribution >= 0.6 is 0 Å². The Labute approximate surface area is 146 Å². The number of carboxylic acids is 1. The number of rotatable bonds is 5. The first-order valence-corrected chi connectivity index (χ1v) is 8.11. The van der Waals surface area contributed by atoms with Crippen LogP contribution in [0.1, 0.15) is 28.9 Å². The number of hydrogen-bond acceptors (Lipinski definition) is 5. The molecule has 1 aromatic heterocycles. The summed E-state index contributed by atoms with van der Waals surface area (Å²) in [5.41, 5.74) is 1.03. The zero-order valence-electron chi connectivity index (χ0n) is 14.7. The minimum Gasteiger partial charge on any atom is -0.481 e. The van der Waals surface area contributed by atoms with E-state index in [9.17, 15) is 14.4 Å². The second kappa shape index (κ2) is 7.96. The van der Waals surface area contributed by atoms with Gasteiger partial charge in [-0.1, -0.05) is 0 Å². The van der Waals surface area contributed by atoms with Crippen molar-refractivity contribution in [1.82, 2.24) is 14.8 Å². The summed E-state index contributed by atoms with van der Waals surface area (Å²) < 4.78 is 5.14. The molecule has 0 radical (unpaired) electrons. The lowest BCUT2D eigenvalue weighted by Crippen LogP contribution is -2.45. The fourth-order valence-corrected chi connectivity index (χ4v) is 2.81. The van der Waals surface area contributed by atoms with Gasteiger partial charge in [0.15, 0.2) is 0 Å². The van der Waals surface area contributed by atoms with Crippen molar-refractivity contribution in [2.24, 2.45) is 5.92 Å². The first-order valence-electron chi connectivity index (χ1n) is 8.11. The predicted octanol–water partition coefficient (Wildman–Crippen LogP) is 0.794. The standard InChI is InChI=1S/C17H23N3O5/c1-11-4-5-13(15(18-11)25-3)16(22)19(2)10-14(21)20-8-6-12(7-9-20)17(23)24/h4-5,12H,6-10H2,1-3H3,(H,23,24). The van der Waals surface area contributed by atoms with Crippen LogP contribution in [0, 0.1) is 12.8 Å². The average molecular weight is 349 g/mol. The number of aromatic nitrogens is 1. The maximum absolute atomic E-state index is 12.6. The van der Waals surface area contributed by atoms with Crippen molar-refractivity contribution in [2.45, 2.75) is 19.8 Å². The van der Waals surface area contributed by atoms with Gasteiger partial charge in [-0.15, -0.1) is 0 Å². The number of likely N-dealkylation sites (tertiary alicyclic amines) is 1. The molecule has 2 rings (SSSR count). The minimum absolute atomic E-state index is 0.0758. The Morgan fingerprint density at radius 3 is 2.52 bits per heavy atom. The summed E-state index contributed by atoms with van der Waals surface area (Å²) in [6, 6.07) is 3.34. The van der Waals surface area contributed by atoms with Gasteiger partial charge in [-0.25, -0.2) is 4.98 Å². The van der Waals surface area contributed by atoms with E-state index in [1.165, 1.54) is 12.0 Å². The Morgan fingerprint density at radius 1 is 1.32 bits per heavy atom. The number of hydrogen-bond donors (Lipinski definition) is 1. The largest absolute Gasteiger partial charge is 0.481 e. The van der Waals surface area contributed by atoms with Gasteiger partial charge >= 0.3 is 5.97 Å². The van der Waals surface area contributed by atoms with Gasteiger partial charge in [0.25, 0.3) is 5.91 Å². The van der Waals surface area contributed by atoms with E-state index < -0.39 is 11.9 Å². The summed E-state index contributed by atoms with van der Waals surface area (Å²) in [7, 11) is 2.99. The highest BCUT2D eigenvalue weighted by Crippen LogP contribution is 2.19. The van der Waals surface area contributed by atoms with Crippen LogP contribution in [-0.2, 0) is 9.59 Å². The summed E-state index contributed by atoms with van der Waals surface area (Å²) >= 11 is 0. The van der Waals surface area contributed by atoms with E-state index in [-0.39, 0.29) is 24.2 Å². The fourth-order valence-electron chi connectivity index (χ4n) is 2.81. The number of amides is 2. The number of ether oxygens (including phenoxy) is 1. The van der Waals surface area contributed by atoms with E-state index in [1.807, 2.05) is 0 Å². The predicted molar refractivity (Wildman–Crippen MR) is 89.4 cm³/mol. The lowest BCUT2D eigenvalue weighted by atomic mass is 9.97. The fraction of sp³-hybridized carbons (Fsp3) is 0.529. The third-order valence-electron chi connectivity index (χ3n) is 4.34. The normalized spacial score (nSPS) is 14.9. The molecule has 2 heterocycles. The van der Waals surface area contributed by atoms with Crippen molar-refractivity contribution in [3.8, 4) is 5.88 Å². The van der Waals surface area contributed by atoms with E-state index in [0.29, 0.717) is 31.5 Å². The zero-order chi connectivity index (χ0) is 18.6. The van der Waals surface area contributed by atoms with Gasteiger partial charge in [0, 0.05) is 25.8 Å². The number of nitrogens with zero attached hydrogens (tertiary/aromatic N) is 3. The molecule has 1 N–H and O–H groups in total. The molecule has 1 saturated heterocycles. The van der Waals surface area contributed by atoms with Crippen LogP contribution in [-0.4, -0.2) is 71.5 Å². The molecule has 1 aromatic rings. The molecule has 0 atom stereocenters. The molecule has 136 valence electrons. The lowest BCUT2D eigenvalue weighted by Gasteiger charge is -2.31. The van der Waals surface area contributed by atoms with Gasteiger partial charge in [0.2, 0.25) is 11.8 Å². The van der Waals surface area contributed by atoms with E-state index in [2.05, 4.69) is 4.98 Å². The molecule has 0 bridgehead atoms. The molecule has 8 heteroatoms. The topological polar surface area (TPSA) is 100 Å². The molecule has 8 nitrogen and oxygen atoms in total. The maximum Gasteiger partial charge on any atom is 0.306 e. The molecule has 0 aromatic carbocycles. The van der Waals surface area contributed by atoms with Crippen LogP contribution in [0.2, 0.25) is 0 Å². The Kier molecular flexibility index (Phi) is 5.95. The SMILES string of the molecule is COc1nc(C)ccc1C(=O)N(C)CC(=O)N1CCC(C(=O)O)CC1. The van der Waals surface area contributed by atoms with E-state index in [0.717, 1.165) is 5.69 Å². The van der Waals surface area contributed by atoms with Gasteiger partial charge in [0.05, 0.1) is 19.6 Å². The third kappa shape index (κ3) is 4.46. The van der Waals surface area contributed by atoms with Gasteiger partial charge in [-0.05, 0) is 31.9 Å². The Balaban J connectivity index is 1.97. The van der Waals surface area contributed by atoms with E-state index in [1.54, 1.807) is 31.0 Å². The number of aryl methyl sites for hydroxylation is 1. The third-order valence-corrected chi connectivity index (χ3v) is 4.34. The summed E-state index contributed by atoms with van der Waals surface area (Å²) in [4.78, 5) is 43.0. The van der Waals surface area contributed by atoms with Crippen LogP contribution in [0.15, 0.2) is 12.1 Å². The summed E-state index contributed by atoms with van der Waals surface area (Å²) in [5.74, 6) is -1.53. The molecular formula is C17H23N3O5. The molecule has 25 heavy (non-hydrogen) atoms. The van der Waals surface area contributed by atoms with Crippen molar-refractivity contribution >= 4 is 17.8 Å². The van der Waals surface area contributed by atoms with Crippen molar-refractivity contribution in [1.29, 1.82) is 0 Å². The van der Waals surface area contributed by atoms with Gasteiger partial charge in [0.1, 0.15) is 5.56 Å². The number of carbonyl (C=O) groups excluding carboxylic acids is 2. The molecule has 0 aliphatic carbocycles. The number of piperidine rings is 1. The Hall–Kier alpha value is -2.64. The van der Waals surface area contributed by atoms with Crippen molar-refractivity contribution in [3.63, 3.8) is 0 Å². The minimum atomic E-state index is -0.821. The number of pyridine rings is 1. The first-order chi connectivity index (χ1) is 11.8. The highest BCUT2D eigenvalue weighted by atomic mass is 16.5. The molecule has 0 saturated carbocycles. The number of carboxylic acid groups (broad SMARTS) is 1. The Morgan fingerprint density at radius 2 is 1.96 bits per heavy atom. The molecule has 1 aliphatic heterocycles. The van der Waals surface area contributed by atoms with Crippen molar-refractivity contribution < 1.29 is 24.2 Å². The Bertz CT molecular complexity index is 668. The molecule has 0 spiro atoms. The molecule has 1 aliphatic rings. The summed E-state index contributed by atoms with van der Waals surface area (Å²) in [5, 5.41) is 9.00.